The van der Waals surface area contributed by atoms with Gasteiger partial charge in [-0.3, -0.25) is 0 Å². The summed E-state index contributed by atoms with van der Waals surface area (Å²) in [5, 5.41) is 0. The zero-order valence-electron chi connectivity index (χ0n) is 7.63. The van der Waals surface area contributed by atoms with E-state index in [0.29, 0.717) is 0 Å². The quantitative estimate of drug-likeness (QED) is 0.460. The minimum absolute atomic E-state index is 0.570. The maximum Gasteiger partial charge on any atom is 0.243 e. The van der Waals surface area contributed by atoms with E-state index in [1.165, 1.54) is 0 Å². The molecule has 2 nitrogen and oxygen atoms in total. The maximum atomic E-state index is 5.23. The van der Waals surface area contributed by atoms with Crippen LogP contribution in [-0.2, 0) is 9.47 Å². The molecule has 0 bridgehead atoms. The van der Waals surface area contributed by atoms with Gasteiger partial charge in [0.25, 0.3) is 0 Å². The van der Waals surface area contributed by atoms with Crippen molar-refractivity contribution in [2.75, 3.05) is 0 Å². The van der Waals surface area contributed by atoms with Crippen molar-refractivity contribution in [3.8, 4) is 0 Å². The van der Waals surface area contributed by atoms with E-state index in [0.717, 1.165) is 0 Å². The molecule has 2 heteroatoms. The molecule has 0 spiro atoms. The summed E-state index contributed by atoms with van der Waals surface area (Å²) in [5.74, 6) is -0.570. The molecule has 0 aromatic carbocycles. The van der Waals surface area contributed by atoms with Crippen LogP contribution < -0.4 is 0 Å². The first-order valence-corrected chi connectivity index (χ1v) is 3.70. The van der Waals surface area contributed by atoms with Crippen LogP contribution in [0.1, 0.15) is 27.7 Å². The normalized spacial score (nSPS) is 12.7. The standard InChI is InChI=1S/C9H16O2/c1-5-7-10-9(3,4)11-8-6-2/h5-8H,1-4H3. The van der Waals surface area contributed by atoms with Crippen LogP contribution in [0.25, 0.3) is 0 Å². The van der Waals surface area contributed by atoms with Gasteiger partial charge in [-0.05, 0) is 13.8 Å². The first-order chi connectivity index (χ1) is 5.12. The molecule has 0 saturated carbocycles. The monoisotopic (exact) mass is 156 g/mol. The highest BCUT2D eigenvalue weighted by Crippen LogP contribution is 2.11. The summed E-state index contributed by atoms with van der Waals surface area (Å²) in [6, 6.07) is 0. The molecule has 64 valence electrons. The second kappa shape index (κ2) is 4.83. The summed E-state index contributed by atoms with van der Waals surface area (Å²) in [6.07, 6.45) is 6.87. The van der Waals surface area contributed by atoms with Crippen LogP contribution >= 0.6 is 0 Å². The van der Waals surface area contributed by atoms with Crippen molar-refractivity contribution in [1.29, 1.82) is 0 Å². The van der Waals surface area contributed by atoms with Crippen molar-refractivity contribution >= 4 is 0 Å². The summed E-state index contributed by atoms with van der Waals surface area (Å²) in [6.45, 7) is 7.50. The zero-order valence-corrected chi connectivity index (χ0v) is 7.63. The average molecular weight is 156 g/mol. The Morgan fingerprint density at radius 3 is 1.55 bits per heavy atom. The predicted octanol–water partition coefficient (Wildman–Crippen LogP) is 2.82. The lowest BCUT2D eigenvalue weighted by Gasteiger charge is -2.22. The molecule has 11 heavy (non-hydrogen) atoms. The summed E-state index contributed by atoms with van der Waals surface area (Å²) >= 11 is 0. The van der Waals surface area contributed by atoms with E-state index < -0.39 is 5.79 Å². The molecule has 0 amide bonds. The Labute approximate surface area is 68.5 Å². The summed E-state index contributed by atoms with van der Waals surface area (Å²) in [4.78, 5) is 0. The minimum Gasteiger partial charge on any atom is -0.461 e. The summed E-state index contributed by atoms with van der Waals surface area (Å²) < 4.78 is 10.5. The lowest BCUT2D eigenvalue weighted by molar-refractivity contribution is -0.143. The van der Waals surface area contributed by atoms with Crippen molar-refractivity contribution in [1.82, 2.24) is 0 Å². The van der Waals surface area contributed by atoms with Crippen LogP contribution in [0, 0.1) is 0 Å². The highest BCUT2D eigenvalue weighted by atomic mass is 16.7. The highest BCUT2D eigenvalue weighted by Gasteiger charge is 2.16. The molecule has 0 aliphatic heterocycles. The zero-order chi connectivity index (χ0) is 8.74. The second-order valence-corrected chi connectivity index (χ2v) is 2.57. The van der Waals surface area contributed by atoms with E-state index >= 15 is 0 Å². The molecule has 0 saturated heterocycles. The van der Waals surface area contributed by atoms with Crippen molar-refractivity contribution in [2.24, 2.45) is 0 Å². The average Bonchev–Trinajstić information content (AvgIpc) is 1.97. The fraction of sp³-hybridized carbons (Fsp3) is 0.556. The largest absolute Gasteiger partial charge is 0.461 e. The third kappa shape index (κ3) is 5.52. The molecule has 0 heterocycles. The fourth-order valence-corrected chi connectivity index (χ4v) is 0.492. The van der Waals surface area contributed by atoms with Crippen LogP contribution in [0.5, 0.6) is 0 Å². The Morgan fingerprint density at radius 1 is 0.909 bits per heavy atom. The Bertz CT molecular complexity index is 130. The van der Waals surface area contributed by atoms with Crippen molar-refractivity contribution in [3.63, 3.8) is 0 Å². The third-order valence-electron chi connectivity index (χ3n) is 0.976. The molecule has 0 unspecified atom stereocenters. The van der Waals surface area contributed by atoms with Gasteiger partial charge >= 0.3 is 0 Å². The molecule has 0 aliphatic rings. The Morgan fingerprint density at radius 2 is 1.27 bits per heavy atom. The van der Waals surface area contributed by atoms with Crippen LogP contribution in [0.15, 0.2) is 24.7 Å². The smallest absolute Gasteiger partial charge is 0.243 e. The molecule has 0 atom stereocenters. The molecule has 0 aromatic rings. The fourth-order valence-electron chi connectivity index (χ4n) is 0.492. The van der Waals surface area contributed by atoms with Gasteiger partial charge in [-0.25, -0.2) is 0 Å². The van der Waals surface area contributed by atoms with Crippen molar-refractivity contribution in [3.05, 3.63) is 24.7 Å². The molecular formula is C9H16O2. The topological polar surface area (TPSA) is 18.5 Å². The summed E-state index contributed by atoms with van der Waals surface area (Å²) in [7, 11) is 0. The van der Waals surface area contributed by atoms with Gasteiger partial charge in [0, 0.05) is 13.8 Å². The van der Waals surface area contributed by atoms with Gasteiger partial charge in [0.1, 0.15) is 0 Å². The number of hydrogen-bond donors (Lipinski definition) is 0. The van der Waals surface area contributed by atoms with E-state index in [1.807, 2.05) is 39.8 Å². The number of hydrogen-bond acceptors (Lipinski definition) is 2. The van der Waals surface area contributed by atoms with Gasteiger partial charge in [0.15, 0.2) is 0 Å². The molecule has 0 aromatic heterocycles. The molecule has 0 aliphatic carbocycles. The molecule has 0 rings (SSSR count). The molecule has 0 N–H and O–H groups in total. The van der Waals surface area contributed by atoms with E-state index in [4.69, 9.17) is 9.47 Å². The van der Waals surface area contributed by atoms with Crippen LogP contribution in [0.2, 0.25) is 0 Å². The predicted molar refractivity (Wildman–Crippen MR) is 45.9 cm³/mol. The Hall–Kier alpha value is -0.920. The lowest BCUT2D eigenvalue weighted by Crippen LogP contribution is -2.23. The molecule has 0 fully saturated rings. The summed E-state index contributed by atoms with van der Waals surface area (Å²) in [5.41, 5.74) is 0. The number of allylic oxidation sites excluding steroid dienone is 2. The Balaban J connectivity index is 3.78. The van der Waals surface area contributed by atoms with Crippen LogP contribution in [-0.4, -0.2) is 5.79 Å². The van der Waals surface area contributed by atoms with Crippen molar-refractivity contribution < 1.29 is 9.47 Å². The number of rotatable bonds is 4. The minimum atomic E-state index is -0.570. The first-order valence-electron chi connectivity index (χ1n) is 3.70. The van der Waals surface area contributed by atoms with E-state index in [-0.39, 0.29) is 0 Å². The SMILES string of the molecule is CC=COC(C)(C)OC=CC. The molecule has 0 radical (unpaired) electrons. The van der Waals surface area contributed by atoms with E-state index in [1.54, 1.807) is 12.5 Å². The van der Waals surface area contributed by atoms with Gasteiger partial charge in [-0.2, -0.15) is 0 Å². The maximum absolute atomic E-state index is 5.23. The Kier molecular flexibility index (Phi) is 4.42. The van der Waals surface area contributed by atoms with Crippen LogP contribution in [0.4, 0.5) is 0 Å². The van der Waals surface area contributed by atoms with Gasteiger partial charge in [-0.15, -0.1) is 0 Å². The van der Waals surface area contributed by atoms with E-state index in [2.05, 4.69) is 0 Å². The van der Waals surface area contributed by atoms with Gasteiger partial charge in [0.05, 0.1) is 12.5 Å². The highest BCUT2D eigenvalue weighted by molar-refractivity contribution is 4.73. The first kappa shape index (κ1) is 10.1. The van der Waals surface area contributed by atoms with Crippen LogP contribution in [0.3, 0.4) is 0 Å². The lowest BCUT2D eigenvalue weighted by atomic mass is 10.4. The van der Waals surface area contributed by atoms with Gasteiger partial charge < -0.3 is 9.47 Å². The van der Waals surface area contributed by atoms with Gasteiger partial charge in [-0.1, -0.05) is 12.2 Å². The third-order valence-corrected chi connectivity index (χ3v) is 0.976. The molecular weight excluding hydrogens is 140 g/mol. The van der Waals surface area contributed by atoms with E-state index in [9.17, 15) is 0 Å². The van der Waals surface area contributed by atoms with Gasteiger partial charge in [0.2, 0.25) is 5.79 Å². The number of ether oxygens (including phenoxy) is 2. The second-order valence-electron chi connectivity index (χ2n) is 2.57. The van der Waals surface area contributed by atoms with Crippen molar-refractivity contribution in [2.45, 2.75) is 33.5 Å².